The molecule has 1 fully saturated rings. The lowest BCUT2D eigenvalue weighted by molar-refractivity contribution is -0.131. The van der Waals surface area contributed by atoms with Crippen LogP contribution in [0.5, 0.6) is 0 Å². The quantitative estimate of drug-likeness (QED) is 0.871. The number of aromatic nitrogens is 1. The molecule has 1 unspecified atom stereocenters. The molecule has 0 radical (unpaired) electrons. The summed E-state index contributed by atoms with van der Waals surface area (Å²) in [7, 11) is 0. The molecule has 4 heteroatoms. The van der Waals surface area contributed by atoms with Gasteiger partial charge in [-0.3, -0.25) is 4.79 Å². The van der Waals surface area contributed by atoms with Crippen molar-refractivity contribution in [3.63, 3.8) is 0 Å². The van der Waals surface area contributed by atoms with Gasteiger partial charge in [0.25, 0.3) is 0 Å². The monoisotopic (exact) mass is 247 g/mol. The lowest BCUT2D eigenvalue weighted by atomic mass is 10.1. The minimum absolute atomic E-state index is 0.104. The van der Waals surface area contributed by atoms with E-state index in [1.165, 1.54) is 0 Å². The lowest BCUT2D eigenvalue weighted by Crippen LogP contribution is -2.43. The average Bonchev–Trinajstić information content (AvgIpc) is 2.59. The third-order valence-corrected chi connectivity index (χ3v) is 3.18. The number of aryl methyl sites for hydroxylation is 1. The summed E-state index contributed by atoms with van der Waals surface area (Å²) in [5, 5.41) is 3.34. The van der Waals surface area contributed by atoms with Crippen LogP contribution in [0.2, 0.25) is 0 Å². The topological polar surface area (TPSA) is 45.2 Å². The van der Waals surface area contributed by atoms with E-state index in [1.807, 2.05) is 30.0 Å². The molecule has 1 amide bonds. The van der Waals surface area contributed by atoms with Crippen LogP contribution >= 0.6 is 0 Å². The van der Waals surface area contributed by atoms with Gasteiger partial charge < -0.3 is 10.2 Å². The van der Waals surface area contributed by atoms with E-state index >= 15 is 0 Å². The van der Waals surface area contributed by atoms with Crippen molar-refractivity contribution in [3.05, 3.63) is 23.9 Å². The van der Waals surface area contributed by atoms with Crippen LogP contribution in [0.1, 0.15) is 32.9 Å². The minimum atomic E-state index is -0.104. The van der Waals surface area contributed by atoms with Crippen molar-refractivity contribution in [2.24, 2.45) is 0 Å². The van der Waals surface area contributed by atoms with Crippen LogP contribution in [-0.4, -0.2) is 33.9 Å². The number of likely N-dealkylation sites (tertiary alicyclic amines) is 1. The summed E-state index contributed by atoms with van der Waals surface area (Å²) in [6, 6.07) is 6.04. The van der Waals surface area contributed by atoms with E-state index in [2.05, 4.69) is 31.1 Å². The molecule has 0 saturated carbocycles. The van der Waals surface area contributed by atoms with Crippen LogP contribution < -0.4 is 5.32 Å². The molecule has 1 aliphatic heterocycles. The third kappa shape index (κ3) is 2.81. The standard InChI is InChI=1S/C14H21N3O/c1-10-6-5-7-12(15-10)16-11-8-13(18)17(9-11)14(2,3)4/h5-7,11H,8-9H2,1-4H3,(H,15,16). The van der Waals surface area contributed by atoms with E-state index in [1.54, 1.807) is 0 Å². The molecule has 0 spiro atoms. The second kappa shape index (κ2) is 4.59. The van der Waals surface area contributed by atoms with Gasteiger partial charge in [0.15, 0.2) is 0 Å². The molecule has 1 aromatic heterocycles. The van der Waals surface area contributed by atoms with Gasteiger partial charge in [0.2, 0.25) is 5.91 Å². The molecule has 0 aromatic carbocycles. The van der Waals surface area contributed by atoms with Gasteiger partial charge in [0, 0.05) is 24.2 Å². The number of carbonyl (C=O) groups is 1. The molecule has 1 aromatic rings. The highest BCUT2D eigenvalue weighted by Crippen LogP contribution is 2.23. The number of hydrogen-bond acceptors (Lipinski definition) is 3. The number of amides is 1. The number of carbonyl (C=O) groups excluding carboxylic acids is 1. The Morgan fingerprint density at radius 1 is 1.39 bits per heavy atom. The first-order valence-corrected chi connectivity index (χ1v) is 6.37. The maximum absolute atomic E-state index is 12.0. The van der Waals surface area contributed by atoms with Gasteiger partial charge in [0.1, 0.15) is 5.82 Å². The Balaban J connectivity index is 2.03. The van der Waals surface area contributed by atoms with Crippen molar-refractivity contribution < 1.29 is 4.79 Å². The maximum atomic E-state index is 12.0. The zero-order valence-corrected chi connectivity index (χ0v) is 11.5. The maximum Gasteiger partial charge on any atom is 0.225 e. The highest BCUT2D eigenvalue weighted by molar-refractivity contribution is 5.80. The fourth-order valence-electron chi connectivity index (χ4n) is 2.28. The van der Waals surface area contributed by atoms with E-state index in [9.17, 15) is 4.79 Å². The number of nitrogens with one attached hydrogen (secondary N) is 1. The predicted octanol–water partition coefficient (Wildman–Crippen LogP) is 2.20. The zero-order valence-electron chi connectivity index (χ0n) is 11.5. The van der Waals surface area contributed by atoms with Crippen molar-refractivity contribution in [1.29, 1.82) is 0 Å². The Labute approximate surface area is 108 Å². The molecule has 1 atom stereocenters. The molecule has 2 heterocycles. The second-order valence-electron chi connectivity index (χ2n) is 5.88. The van der Waals surface area contributed by atoms with Gasteiger partial charge in [-0.2, -0.15) is 0 Å². The van der Waals surface area contributed by atoms with E-state index in [0.29, 0.717) is 6.42 Å². The number of anilines is 1. The van der Waals surface area contributed by atoms with Crippen LogP contribution in [0.15, 0.2) is 18.2 Å². The molecule has 2 rings (SSSR count). The van der Waals surface area contributed by atoms with Gasteiger partial charge in [-0.15, -0.1) is 0 Å². The summed E-state index contributed by atoms with van der Waals surface area (Å²) in [5.41, 5.74) is 0.880. The number of hydrogen-bond donors (Lipinski definition) is 1. The Morgan fingerprint density at radius 2 is 2.11 bits per heavy atom. The first-order valence-electron chi connectivity index (χ1n) is 6.37. The van der Waals surface area contributed by atoms with Crippen molar-refractivity contribution in [1.82, 2.24) is 9.88 Å². The first-order chi connectivity index (χ1) is 8.36. The van der Waals surface area contributed by atoms with Crippen LogP contribution in [0, 0.1) is 6.92 Å². The Kier molecular flexibility index (Phi) is 3.28. The molecule has 0 bridgehead atoms. The van der Waals surface area contributed by atoms with E-state index in [0.717, 1.165) is 18.1 Å². The summed E-state index contributed by atoms with van der Waals surface area (Å²) in [5.74, 6) is 1.07. The molecule has 4 nitrogen and oxygen atoms in total. The Bertz CT molecular complexity index is 451. The minimum Gasteiger partial charge on any atom is -0.365 e. The fraction of sp³-hybridized carbons (Fsp3) is 0.571. The van der Waals surface area contributed by atoms with Crippen molar-refractivity contribution in [2.75, 3.05) is 11.9 Å². The molecule has 1 aliphatic rings. The number of pyridine rings is 1. The van der Waals surface area contributed by atoms with Gasteiger partial charge in [0.05, 0.1) is 6.04 Å². The summed E-state index contributed by atoms with van der Waals surface area (Å²) < 4.78 is 0. The van der Waals surface area contributed by atoms with E-state index < -0.39 is 0 Å². The third-order valence-electron chi connectivity index (χ3n) is 3.18. The van der Waals surface area contributed by atoms with Crippen molar-refractivity contribution in [3.8, 4) is 0 Å². The van der Waals surface area contributed by atoms with Crippen molar-refractivity contribution in [2.45, 2.75) is 45.7 Å². The fourth-order valence-corrected chi connectivity index (χ4v) is 2.28. The van der Waals surface area contributed by atoms with Gasteiger partial charge >= 0.3 is 0 Å². The molecule has 98 valence electrons. The van der Waals surface area contributed by atoms with Gasteiger partial charge in [-0.25, -0.2) is 4.98 Å². The summed E-state index contributed by atoms with van der Waals surface area (Å²) in [6.07, 6.45) is 0.549. The van der Waals surface area contributed by atoms with Crippen LogP contribution in [-0.2, 0) is 4.79 Å². The molecule has 18 heavy (non-hydrogen) atoms. The van der Waals surface area contributed by atoms with E-state index in [-0.39, 0.29) is 17.5 Å². The summed E-state index contributed by atoms with van der Waals surface area (Å²) in [6.45, 7) is 8.92. The lowest BCUT2D eigenvalue weighted by Gasteiger charge is -2.32. The second-order valence-corrected chi connectivity index (χ2v) is 5.88. The van der Waals surface area contributed by atoms with Crippen LogP contribution in [0.3, 0.4) is 0 Å². The average molecular weight is 247 g/mol. The van der Waals surface area contributed by atoms with Crippen molar-refractivity contribution >= 4 is 11.7 Å². The van der Waals surface area contributed by atoms with Crippen LogP contribution in [0.25, 0.3) is 0 Å². The highest BCUT2D eigenvalue weighted by Gasteiger charge is 2.36. The summed E-state index contributed by atoms with van der Waals surface area (Å²) in [4.78, 5) is 18.3. The zero-order chi connectivity index (χ0) is 13.3. The van der Waals surface area contributed by atoms with Gasteiger partial charge in [-0.05, 0) is 39.8 Å². The Hall–Kier alpha value is -1.58. The van der Waals surface area contributed by atoms with Crippen LogP contribution in [0.4, 0.5) is 5.82 Å². The highest BCUT2D eigenvalue weighted by atomic mass is 16.2. The molecule has 0 aliphatic carbocycles. The Morgan fingerprint density at radius 3 is 2.67 bits per heavy atom. The SMILES string of the molecule is Cc1cccc(NC2CC(=O)N(C(C)(C)C)C2)n1. The summed E-state index contributed by atoms with van der Waals surface area (Å²) >= 11 is 0. The number of rotatable bonds is 2. The molecular formula is C14H21N3O. The first kappa shape index (κ1) is 12.9. The molecule has 1 saturated heterocycles. The number of nitrogens with zero attached hydrogens (tertiary/aromatic N) is 2. The molecule has 1 N–H and O–H groups in total. The smallest absolute Gasteiger partial charge is 0.225 e. The molecular weight excluding hydrogens is 226 g/mol. The largest absolute Gasteiger partial charge is 0.365 e. The normalized spacial score (nSPS) is 20.3. The van der Waals surface area contributed by atoms with Gasteiger partial charge in [-0.1, -0.05) is 6.07 Å². The predicted molar refractivity (Wildman–Crippen MR) is 72.5 cm³/mol. The van der Waals surface area contributed by atoms with E-state index in [4.69, 9.17) is 0 Å².